The van der Waals surface area contributed by atoms with E-state index in [1.165, 1.54) is 5.56 Å². The van der Waals surface area contributed by atoms with Crippen molar-refractivity contribution in [1.82, 2.24) is 10.6 Å². The first-order chi connectivity index (χ1) is 14.8. The second kappa shape index (κ2) is 11.7. The molecule has 3 nitrogen and oxygen atoms in total. The van der Waals surface area contributed by atoms with Crippen molar-refractivity contribution in [3.8, 4) is 0 Å². The van der Waals surface area contributed by atoms with Gasteiger partial charge >= 0.3 is 0 Å². The summed E-state index contributed by atoms with van der Waals surface area (Å²) >= 11 is 3.58. The second-order valence-electron chi connectivity index (χ2n) is 7.99. The largest absolute Gasteiger partial charge is 0.374 e. The van der Waals surface area contributed by atoms with Gasteiger partial charge in [0.25, 0.3) is 0 Å². The van der Waals surface area contributed by atoms with Crippen LogP contribution in [0.25, 0.3) is 5.70 Å². The lowest BCUT2D eigenvalue weighted by Gasteiger charge is -2.22. The van der Waals surface area contributed by atoms with Gasteiger partial charge in [-0.05, 0) is 52.7 Å². The fourth-order valence-corrected chi connectivity index (χ4v) is 3.93. The molecule has 0 bridgehead atoms. The molecule has 0 saturated heterocycles. The number of benzene rings is 2. The third-order valence-corrected chi connectivity index (χ3v) is 6.65. The van der Waals surface area contributed by atoms with Crippen LogP contribution in [0.5, 0.6) is 0 Å². The fraction of sp³-hybridized carbons (Fsp3) is 0.296. The van der Waals surface area contributed by atoms with Gasteiger partial charge in [0.1, 0.15) is 5.82 Å². The minimum absolute atomic E-state index is 0.0449. The van der Waals surface area contributed by atoms with Crippen LogP contribution in [0, 0.1) is 18.8 Å². The number of Topliss-reactive ketones (excluding diaryl/α,β-unsaturated/α-hetero) is 1. The number of ketones is 1. The van der Waals surface area contributed by atoms with Gasteiger partial charge in [0.05, 0.1) is 4.48 Å². The van der Waals surface area contributed by atoms with Gasteiger partial charge in [-0.2, -0.15) is 0 Å². The van der Waals surface area contributed by atoms with Crippen molar-refractivity contribution in [3.05, 3.63) is 100 Å². The van der Waals surface area contributed by atoms with Gasteiger partial charge in [-0.25, -0.2) is 0 Å². The van der Waals surface area contributed by atoms with Gasteiger partial charge in [-0.15, -0.1) is 0 Å². The summed E-state index contributed by atoms with van der Waals surface area (Å²) in [6.45, 7) is 14.4. The Morgan fingerprint density at radius 1 is 1.03 bits per heavy atom. The summed E-state index contributed by atoms with van der Waals surface area (Å²) in [5.41, 5.74) is 4.65. The summed E-state index contributed by atoms with van der Waals surface area (Å²) in [6, 6.07) is 18.4. The minimum atomic E-state index is -0.124. The van der Waals surface area contributed by atoms with E-state index in [4.69, 9.17) is 0 Å². The predicted octanol–water partition coefficient (Wildman–Crippen LogP) is 6.37. The van der Waals surface area contributed by atoms with Crippen LogP contribution in [0.4, 0.5) is 0 Å². The SMILES string of the molecule is C=C(C(=O)C(C)[C@H](C)CCc1ccccc1)/C(Br)=C(\NC)NC(=C)c1ccccc1C. The van der Waals surface area contributed by atoms with Crippen LogP contribution < -0.4 is 10.6 Å². The quantitative estimate of drug-likeness (QED) is 0.290. The predicted molar refractivity (Wildman–Crippen MR) is 136 cm³/mol. The standard InChI is InChI=1S/C27H33BrN2O/c1-18(16-17-23-13-8-7-9-14-23)20(3)26(31)21(4)25(28)27(29-6)30-22(5)24-15-11-10-12-19(24)2/h7-15,18,20,29-30H,4-5,16-17H2,1-3,6H3/b27-25-/t18-,20?/m1/s1. The molecule has 2 rings (SSSR count). The molecule has 0 spiro atoms. The van der Waals surface area contributed by atoms with E-state index in [9.17, 15) is 4.79 Å². The van der Waals surface area contributed by atoms with E-state index in [2.05, 4.69) is 70.9 Å². The van der Waals surface area contributed by atoms with Crippen LogP contribution >= 0.6 is 15.9 Å². The first-order valence-electron chi connectivity index (χ1n) is 10.6. The molecule has 31 heavy (non-hydrogen) atoms. The number of carbonyl (C=O) groups is 1. The molecule has 0 aliphatic rings. The van der Waals surface area contributed by atoms with Gasteiger partial charge in [0.15, 0.2) is 5.78 Å². The normalized spacial score (nSPS) is 13.6. The van der Waals surface area contributed by atoms with Crippen molar-refractivity contribution in [1.29, 1.82) is 0 Å². The summed E-state index contributed by atoms with van der Waals surface area (Å²) in [6.07, 6.45) is 1.91. The molecular formula is C27H33BrN2O. The number of hydrogen-bond acceptors (Lipinski definition) is 3. The minimum Gasteiger partial charge on any atom is -0.374 e. The summed E-state index contributed by atoms with van der Waals surface area (Å²) < 4.78 is 0.622. The summed E-state index contributed by atoms with van der Waals surface area (Å²) in [5, 5.41) is 6.41. The summed E-state index contributed by atoms with van der Waals surface area (Å²) in [5.74, 6) is 0.832. The highest BCUT2D eigenvalue weighted by Crippen LogP contribution is 2.28. The zero-order valence-corrected chi connectivity index (χ0v) is 20.6. The Balaban J connectivity index is 2.07. The van der Waals surface area contributed by atoms with Crippen LogP contribution in [0.3, 0.4) is 0 Å². The van der Waals surface area contributed by atoms with Crippen LogP contribution in [0.1, 0.15) is 37.0 Å². The molecule has 1 unspecified atom stereocenters. The number of nitrogens with one attached hydrogen (secondary N) is 2. The molecule has 0 radical (unpaired) electrons. The van der Waals surface area contributed by atoms with Crippen molar-refractivity contribution in [2.45, 2.75) is 33.6 Å². The molecule has 164 valence electrons. The average Bonchev–Trinajstić information content (AvgIpc) is 2.79. The average molecular weight is 481 g/mol. The maximum atomic E-state index is 13.1. The summed E-state index contributed by atoms with van der Waals surface area (Å²) in [7, 11) is 1.80. The molecule has 0 amide bonds. The number of carbonyl (C=O) groups excluding carboxylic acids is 1. The molecule has 0 aliphatic carbocycles. The van der Waals surface area contributed by atoms with Gasteiger partial charge in [0, 0.05) is 29.8 Å². The van der Waals surface area contributed by atoms with Gasteiger partial charge in [-0.3, -0.25) is 4.79 Å². The molecule has 2 atom stereocenters. The molecule has 2 N–H and O–H groups in total. The first kappa shape index (κ1) is 24.7. The molecule has 2 aromatic carbocycles. The maximum absolute atomic E-state index is 13.1. The summed E-state index contributed by atoms with van der Waals surface area (Å²) in [4.78, 5) is 13.1. The number of aryl methyl sites for hydroxylation is 2. The van der Waals surface area contributed by atoms with Crippen LogP contribution in [0.15, 0.2) is 83.6 Å². The lowest BCUT2D eigenvalue weighted by Crippen LogP contribution is -2.26. The molecular weight excluding hydrogens is 448 g/mol. The highest BCUT2D eigenvalue weighted by Gasteiger charge is 2.25. The first-order valence-corrected chi connectivity index (χ1v) is 11.4. The van der Waals surface area contributed by atoms with E-state index >= 15 is 0 Å². The van der Waals surface area contributed by atoms with E-state index in [0.29, 0.717) is 15.9 Å². The molecule has 4 heteroatoms. The zero-order chi connectivity index (χ0) is 23.0. The molecule has 0 aromatic heterocycles. The highest BCUT2D eigenvalue weighted by atomic mass is 79.9. The Labute approximate surface area is 195 Å². The molecule has 0 saturated carbocycles. The topological polar surface area (TPSA) is 41.1 Å². The molecule has 0 aliphatic heterocycles. The van der Waals surface area contributed by atoms with E-state index in [1.807, 2.05) is 44.2 Å². The van der Waals surface area contributed by atoms with E-state index in [0.717, 1.165) is 29.7 Å². The van der Waals surface area contributed by atoms with Crippen molar-refractivity contribution in [2.24, 2.45) is 11.8 Å². The van der Waals surface area contributed by atoms with Crippen LogP contribution in [-0.2, 0) is 11.2 Å². The van der Waals surface area contributed by atoms with E-state index in [1.54, 1.807) is 7.05 Å². The van der Waals surface area contributed by atoms with Crippen molar-refractivity contribution >= 4 is 27.4 Å². The Bertz CT molecular complexity index is 962. The van der Waals surface area contributed by atoms with Crippen LogP contribution in [-0.4, -0.2) is 12.8 Å². The Morgan fingerprint density at radius 2 is 1.65 bits per heavy atom. The number of halogens is 1. The third-order valence-electron chi connectivity index (χ3n) is 5.78. The zero-order valence-electron chi connectivity index (χ0n) is 19.0. The second-order valence-corrected chi connectivity index (χ2v) is 8.78. The Morgan fingerprint density at radius 3 is 2.26 bits per heavy atom. The van der Waals surface area contributed by atoms with Crippen molar-refractivity contribution < 1.29 is 4.79 Å². The third kappa shape index (κ3) is 6.70. The highest BCUT2D eigenvalue weighted by molar-refractivity contribution is 9.12. The molecule has 2 aromatic rings. The van der Waals surface area contributed by atoms with Gasteiger partial charge < -0.3 is 10.6 Å². The van der Waals surface area contributed by atoms with Crippen LogP contribution in [0.2, 0.25) is 0 Å². The lowest BCUT2D eigenvalue weighted by atomic mass is 9.85. The number of rotatable bonds is 11. The maximum Gasteiger partial charge on any atom is 0.166 e. The van der Waals surface area contributed by atoms with Crippen molar-refractivity contribution in [2.75, 3.05) is 7.05 Å². The van der Waals surface area contributed by atoms with Gasteiger partial charge in [-0.1, -0.05) is 81.6 Å². The Kier molecular flexibility index (Phi) is 9.32. The van der Waals surface area contributed by atoms with E-state index in [-0.39, 0.29) is 17.6 Å². The van der Waals surface area contributed by atoms with Gasteiger partial charge in [0.2, 0.25) is 0 Å². The monoisotopic (exact) mass is 480 g/mol. The number of hydrogen-bond donors (Lipinski definition) is 2. The van der Waals surface area contributed by atoms with Crippen molar-refractivity contribution in [3.63, 3.8) is 0 Å². The fourth-order valence-electron chi connectivity index (χ4n) is 3.44. The molecule has 0 heterocycles. The molecule has 0 fully saturated rings. The van der Waals surface area contributed by atoms with E-state index < -0.39 is 0 Å². The smallest absolute Gasteiger partial charge is 0.166 e. The lowest BCUT2D eigenvalue weighted by molar-refractivity contribution is -0.119. The number of allylic oxidation sites excluding steroid dienone is 2. The Hall–Kier alpha value is -2.59.